The van der Waals surface area contributed by atoms with Crippen LogP contribution in [0.25, 0.3) is 10.6 Å². The number of carbonyl (C=O) groups is 2. The van der Waals surface area contributed by atoms with Crippen LogP contribution in [-0.4, -0.2) is 11.8 Å². The van der Waals surface area contributed by atoms with E-state index in [0.29, 0.717) is 25.9 Å². The van der Waals surface area contributed by atoms with Crippen molar-refractivity contribution < 1.29 is 62.8 Å². The average molecular weight is 504 g/mol. The van der Waals surface area contributed by atoms with Gasteiger partial charge in [0.05, 0.1) is 11.8 Å². The minimum atomic E-state index is -0.0288. The maximum absolute atomic E-state index is 10.8. The summed E-state index contributed by atoms with van der Waals surface area (Å²) in [6.07, 6.45) is 0.986. The number of benzene rings is 2. The molecule has 0 aliphatic carbocycles. The molecule has 0 N–H and O–H groups in total. The molecule has 2 rings (SSSR count). The first-order valence-corrected chi connectivity index (χ1v) is 8.14. The molecular formula is C20H24ClN2NdO2. The first kappa shape index (κ1) is 27.2. The van der Waals surface area contributed by atoms with Crippen LogP contribution in [0.2, 0.25) is 0 Å². The maximum atomic E-state index is 10.8. The first-order chi connectivity index (χ1) is 11.7. The van der Waals surface area contributed by atoms with Crippen molar-refractivity contribution in [3.05, 3.63) is 82.4 Å². The van der Waals surface area contributed by atoms with E-state index in [1.54, 1.807) is 0 Å². The van der Waals surface area contributed by atoms with Crippen molar-refractivity contribution in [2.24, 2.45) is 0 Å². The number of amides is 2. The molecule has 0 unspecified atom stereocenters. The summed E-state index contributed by atoms with van der Waals surface area (Å²) in [6, 6.07) is 19.5. The Balaban J connectivity index is 0. The summed E-state index contributed by atoms with van der Waals surface area (Å²) in [6.45, 7) is 4.65. The molecule has 2 amide bonds. The second kappa shape index (κ2) is 17.4. The van der Waals surface area contributed by atoms with E-state index in [1.807, 2.05) is 74.5 Å². The topological polar surface area (TPSA) is 62.3 Å². The summed E-state index contributed by atoms with van der Waals surface area (Å²) in [5.41, 5.74) is 2.17. The van der Waals surface area contributed by atoms with Gasteiger partial charge in [-0.05, 0) is 12.8 Å². The van der Waals surface area contributed by atoms with Crippen LogP contribution in [0.15, 0.2) is 60.7 Å². The predicted octanol–water partition coefficient (Wildman–Crippen LogP) is 2.00. The summed E-state index contributed by atoms with van der Waals surface area (Å²) in [5.74, 6) is -0.0577. The Morgan fingerprint density at radius 1 is 0.692 bits per heavy atom. The Bertz CT molecular complexity index is 554. The largest absolute Gasteiger partial charge is 3.00 e. The van der Waals surface area contributed by atoms with Gasteiger partial charge in [-0.2, -0.15) is 0 Å². The molecule has 137 valence electrons. The normalized spacial score (nSPS) is 8.69. The molecule has 1 radical (unpaired) electrons. The Labute approximate surface area is 195 Å². The summed E-state index contributed by atoms with van der Waals surface area (Å²) >= 11 is 0. The smallest absolute Gasteiger partial charge is 1.00 e. The van der Waals surface area contributed by atoms with E-state index in [9.17, 15) is 9.59 Å². The number of carbonyl (C=O) groups excluding carboxylic acids is 2. The first-order valence-electron chi connectivity index (χ1n) is 8.14. The summed E-state index contributed by atoms with van der Waals surface area (Å²) in [7, 11) is 0. The van der Waals surface area contributed by atoms with Gasteiger partial charge in [-0.15, -0.1) is 13.1 Å². The molecule has 0 aromatic heterocycles. The Morgan fingerprint density at radius 2 is 1.00 bits per heavy atom. The molecule has 2 aromatic rings. The number of halogens is 1. The molecule has 0 bridgehead atoms. The molecule has 0 atom stereocenters. The molecule has 0 aliphatic heterocycles. The minimum Gasteiger partial charge on any atom is -1.00 e. The number of nitrogens with zero attached hydrogens (tertiary/aromatic N) is 2. The van der Waals surface area contributed by atoms with Gasteiger partial charge in [-0.25, -0.2) is 0 Å². The van der Waals surface area contributed by atoms with E-state index in [0.717, 1.165) is 11.1 Å². The molecule has 6 heteroatoms. The molecule has 0 spiro atoms. The van der Waals surface area contributed by atoms with E-state index in [1.165, 1.54) is 0 Å². The standard InChI is InChI=1S/2C10H13NO.ClH.Nd/c2*1-2-10(12)11-8-9-6-4-3-5-7-9;;/h2*3-7H,2,8H2,1H3,(H,11,12);1H;/q;;;+3/p-3. The Morgan fingerprint density at radius 3 is 1.27 bits per heavy atom. The number of hydrogen-bond donors (Lipinski definition) is 0. The van der Waals surface area contributed by atoms with Gasteiger partial charge in [0, 0.05) is 0 Å². The van der Waals surface area contributed by atoms with Crippen LogP contribution in [0.4, 0.5) is 0 Å². The Hall–Kier alpha value is -0.979. The van der Waals surface area contributed by atoms with Crippen LogP contribution in [0.5, 0.6) is 0 Å². The molecule has 26 heavy (non-hydrogen) atoms. The van der Waals surface area contributed by atoms with Gasteiger partial charge < -0.3 is 32.6 Å². The van der Waals surface area contributed by atoms with Gasteiger partial charge >= 0.3 is 40.8 Å². The molecule has 0 aliphatic rings. The summed E-state index contributed by atoms with van der Waals surface area (Å²) < 4.78 is 0. The van der Waals surface area contributed by atoms with Crippen molar-refractivity contribution in [3.8, 4) is 0 Å². The maximum Gasteiger partial charge on any atom is 3.00 e. The van der Waals surface area contributed by atoms with Crippen LogP contribution < -0.4 is 12.4 Å². The van der Waals surface area contributed by atoms with E-state index >= 15 is 0 Å². The van der Waals surface area contributed by atoms with Crippen LogP contribution >= 0.6 is 0 Å². The SMILES string of the molecule is CCC(=O)[N-]Cc1ccccc1.CCC(=O)[N-]Cc1ccccc1.[Cl-].[Nd+3]. The zero-order valence-electron chi connectivity index (χ0n) is 15.2. The van der Waals surface area contributed by atoms with Crippen LogP contribution in [0, 0.1) is 40.8 Å². The van der Waals surface area contributed by atoms with E-state index < -0.39 is 0 Å². The van der Waals surface area contributed by atoms with Gasteiger partial charge in [0.1, 0.15) is 0 Å². The summed E-state index contributed by atoms with van der Waals surface area (Å²) in [5, 5.41) is 7.75. The van der Waals surface area contributed by atoms with E-state index in [4.69, 9.17) is 0 Å². The van der Waals surface area contributed by atoms with Crippen molar-refractivity contribution in [2.75, 3.05) is 0 Å². The molecular weight excluding hydrogens is 480 g/mol. The molecule has 0 fully saturated rings. The van der Waals surface area contributed by atoms with Crippen molar-refractivity contribution in [1.29, 1.82) is 0 Å². The third kappa shape index (κ3) is 13.3. The van der Waals surface area contributed by atoms with Crippen molar-refractivity contribution in [2.45, 2.75) is 39.8 Å². The molecule has 0 saturated heterocycles. The second-order valence-electron chi connectivity index (χ2n) is 5.10. The number of hydrogen-bond acceptors (Lipinski definition) is 2. The zero-order valence-corrected chi connectivity index (χ0v) is 19.2. The van der Waals surface area contributed by atoms with Crippen LogP contribution in [-0.2, 0) is 22.7 Å². The fourth-order valence-corrected chi connectivity index (χ4v) is 1.75. The van der Waals surface area contributed by atoms with Crippen molar-refractivity contribution in [3.63, 3.8) is 0 Å². The fourth-order valence-electron chi connectivity index (χ4n) is 1.75. The zero-order chi connectivity index (χ0) is 17.6. The minimum absolute atomic E-state index is 0. The van der Waals surface area contributed by atoms with Crippen molar-refractivity contribution in [1.82, 2.24) is 0 Å². The van der Waals surface area contributed by atoms with Gasteiger partial charge in [0.15, 0.2) is 0 Å². The fraction of sp³-hybridized carbons (Fsp3) is 0.300. The van der Waals surface area contributed by atoms with E-state index in [2.05, 4.69) is 10.6 Å². The van der Waals surface area contributed by atoms with Gasteiger partial charge in [0.25, 0.3) is 0 Å². The third-order valence-electron chi connectivity index (χ3n) is 3.17. The quantitative estimate of drug-likeness (QED) is 0.605. The molecule has 0 saturated carbocycles. The monoisotopic (exact) mass is 501 g/mol. The number of rotatable bonds is 6. The third-order valence-corrected chi connectivity index (χ3v) is 3.17. The van der Waals surface area contributed by atoms with Crippen LogP contribution in [0.3, 0.4) is 0 Å². The van der Waals surface area contributed by atoms with Crippen LogP contribution in [0.1, 0.15) is 37.8 Å². The molecule has 4 nitrogen and oxygen atoms in total. The van der Waals surface area contributed by atoms with Gasteiger partial charge in [0.2, 0.25) is 0 Å². The van der Waals surface area contributed by atoms with E-state index in [-0.39, 0.29) is 65.1 Å². The molecule has 2 aromatic carbocycles. The molecule has 0 heterocycles. The average Bonchev–Trinajstić information content (AvgIpc) is 2.66. The Kier molecular flexibility index (Phi) is 18.3. The second-order valence-corrected chi connectivity index (χ2v) is 5.10. The van der Waals surface area contributed by atoms with Gasteiger partial charge in [-0.3, -0.25) is 0 Å². The summed E-state index contributed by atoms with van der Waals surface area (Å²) in [4.78, 5) is 21.6. The predicted molar refractivity (Wildman–Crippen MR) is 97.6 cm³/mol. The van der Waals surface area contributed by atoms with Gasteiger partial charge in [-0.1, -0.05) is 85.6 Å². The van der Waals surface area contributed by atoms with Crippen molar-refractivity contribution >= 4 is 11.8 Å².